The Morgan fingerprint density at radius 2 is 1.71 bits per heavy atom. The topological polar surface area (TPSA) is 52.6 Å². The fourth-order valence-corrected chi connectivity index (χ4v) is 2.22. The molecule has 2 amide bonds. The van der Waals surface area contributed by atoms with E-state index in [4.69, 9.17) is 5.11 Å². The molecule has 2 aromatic carbocycles. The number of hydrogen-bond acceptors (Lipinski definition) is 2. The first-order valence-electron chi connectivity index (χ1n) is 8.01. The maximum Gasteiger partial charge on any atom is 0.318 e. The molecule has 0 bridgehead atoms. The van der Waals surface area contributed by atoms with Crippen LogP contribution in [0.25, 0.3) is 0 Å². The SMILES string of the molecule is O=C(NCC#Cc1ccccc1)N(CCCO)Cc1ccccc1. The van der Waals surface area contributed by atoms with Crippen LogP contribution in [-0.4, -0.2) is 35.7 Å². The normalized spacial score (nSPS) is 9.71. The molecule has 4 nitrogen and oxygen atoms in total. The van der Waals surface area contributed by atoms with Gasteiger partial charge in [-0.25, -0.2) is 4.79 Å². The lowest BCUT2D eigenvalue weighted by atomic mass is 10.2. The van der Waals surface area contributed by atoms with Crippen molar-refractivity contribution in [3.8, 4) is 11.8 Å². The van der Waals surface area contributed by atoms with E-state index < -0.39 is 0 Å². The summed E-state index contributed by atoms with van der Waals surface area (Å²) in [5.41, 5.74) is 1.98. The maximum atomic E-state index is 12.3. The molecular formula is C20H22N2O2. The van der Waals surface area contributed by atoms with Gasteiger partial charge in [0.25, 0.3) is 0 Å². The third-order valence-corrected chi connectivity index (χ3v) is 3.42. The van der Waals surface area contributed by atoms with Crippen LogP contribution in [-0.2, 0) is 6.54 Å². The predicted octanol–water partition coefficient (Wildman–Crippen LogP) is 2.63. The van der Waals surface area contributed by atoms with Crippen LogP contribution in [0.3, 0.4) is 0 Å². The Morgan fingerprint density at radius 1 is 1.04 bits per heavy atom. The summed E-state index contributed by atoms with van der Waals surface area (Å²) >= 11 is 0. The van der Waals surface area contributed by atoms with Crippen molar-refractivity contribution in [2.45, 2.75) is 13.0 Å². The van der Waals surface area contributed by atoms with Crippen molar-refractivity contribution < 1.29 is 9.90 Å². The number of amides is 2. The molecule has 0 fully saturated rings. The highest BCUT2D eigenvalue weighted by atomic mass is 16.3. The standard InChI is InChI=1S/C20H22N2O2/c23-16-8-15-22(17-19-11-5-2-6-12-19)20(24)21-14-7-13-18-9-3-1-4-10-18/h1-6,9-12,23H,8,14-17H2,(H,21,24). The van der Waals surface area contributed by atoms with E-state index >= 15 is 0 Å². The smallest absolute Gasteiger partial charge is 0.318 e. The second-order valence-corrected chi connectivity index (χ2v) is 5.31. The zero-order valence-corrected chi connectivity index (χ0v) is 13.6. The van der Waals surface area contributed by atoms with Gasteiger partial charge in [0, 0.05) is 25.3 Å². The first-order chi connectivity index (χ1) is 11.8. The summed E-state index contributed by atoms with van der Waals surface area (Å²) in [6.45, 7) is 1.37. The van der Waals surface area contributed by atoms with Crippen molar-refractivity contribution in [1.82, 2.24) is 10.2 Å². The third-order valence-electron chi connectivity index (χ3n) is 3.42. The van der Waals surface area contributed by atoms with E-state index in [1.54, 1.807) is 4.90 Å². The minimum absolute atomic E-state index is 0.0619. The van der Waals surface area contributed by atoms with Crippen molar-refractivity contribution in [3.63, 3.8) is 0 Å². The molecule has 0 unspecified atom stereocenters. The third kappa shape index (κ3) is 6.15. The highest BCUT2D eigenvalue weighted by Crippen LogP contribution is 2.05. The second-order valence-electron chi connectivity index (χ2n) is 5.31. The van der Waals surface area contributed by atoms with Crippen LogP contribution >= 0.6 is 0 Å². The molecule has 2 rings (SSSR count). The molecule has 0 atom stereocenters. The van der Waals surface area contributed by atoms with Gasteiger partial charge in [-0.2, -0.15) is 0 Å². The van der Waals surface area contributed by atoms with Crippen molar-refractivity contribution in [2.75, 3.05) is 19.7 Å². The molecule has 0 aromatic heterocycles. The van der Waals surface area contributed by atoms with Gasteiger partial charge in [0.05, 0.1) is 6.54 Å². The van der Waals surface area contributed by atoms with E-state index in [0.29, 0.717) is 19.5 Å². The molecule has 0 radical (unpaired) electrons. The molecule has 0 aliphatic carbocycles. The van der Waals surface area contributed by atoms with Crippen LogP contribution < -0.4 is 5.32 Å². The summed E-state index contributed by atoms with van der Waals surface area (Å²) in [5, 5.41) is 11.8. The number of carbonyl (C=O) groups is 1. The monoisotopic (exact) mass is 322 g/mol. The molecule has 0 aliphatic heterocycles. The Bertz CT molecular complexity index is 675. The van der Waals surface area contributed by atoms with Gasteiger partial charge in [0.1, 0.15) is 0 Å². The van der Waals surface area contributed by atoms with Gasteiger partial charge < -0.3 is 15.3 Å². The Kier molecular flexibility index (Phi) is 7.39. The van der Waals surface area contributed by atoms with Crippen LogP contribution in [0.15, 0.2) is 60.7 Å². The van der Waals surface area contributed by atoms with Gasteiger partial charge in [-0.3, -0.25) is 0 Å². The van der Waals surface area contributed by atoms with Gasteiger partial charge in [-0.05, 0) is 24.1 Å². The van der Waals surface area contributed by atoms with Crippen molar-refractivity contribution >= 4 is 6.03 Å². The summed E-state index contributed by atoms with van der Waals surface area (Å²) in [6.07, 6.45) is 0.552. The molecule has 0 saturated carbocycles. The molecule has 4 heteroatoms. The molecule has 0 aliphatic rings. The summed E-state index contributed by atoms with van der Waals surface area (Å²) in [5.74, 6) is 5.96. The highest BCUT2D eigenvalue weighted by Gasteiger charge is 2.12. The van der Waals surface area contributed by atoms with Crippen molar-refractivity contribution in [2.24, 2.45) is 0 Å². The highest BCUT2D eigenvalue weighted by molar-refractivity contribution is 5.74. The lowest BCUT2D eigenvalue weighted by Gasteiger charge is -2.22. The summed E-state index contributed by atoms with van der Waals surface area (Å²) in [7, 11) is 0. The fraction of sp³-hybridized carbons (Fsp3) is 0.250. The first kappa shape index (κ1) is 17.6. The van der Waals surface area contributed by atoms with Crippen molar-refractivity contribution in [3.05, 3.63) is 71.8 Å². The Hall–Kier alpha value is -2.77. The minimum atomic E-state index is -0.172. The largest absolute Gasteiger partial charge is 0.396 e. The van der Waals surface area contributed by atoms with Crippen LogP contribution in [0.4, 0.5) is 4.79 Å². The molecule has 24 heavy (non-hydrogen) atoms. The number of benzene rings is 2. The van der Waals surface area contributed by atoms with Crippen LogP contribution in [0.2, 0.25) is 0 Å². The fourth-order valence-electron chi connectivity index (χ4n) is 2.22. The van der Waals surface area contributed by atoms with Crippen LogP contribution in [0, 0.1) is 11.8 Å². The lowest BCUT2D eigenvalue weighted by Crippen LogP contribution is -2.40. The Morgan fingerprint density at radius 3 is 2.38 bits per heavy atom. The van der Waals surface area contributed by atoms with E-state index in [1.807, 2.05) is 60.7 Å². The van der Waals surface area contributed by atoms with Gasteiger partial charge in [-0.15, -0.1) is 0 Å². The number of nitrogens with one attached hydrogen (secondary N) is 1. The summed E-state index contributed by atoms with van der Waals surface area (Å²) in [6, 6.07) is 19.3. The number of urea groups is 1. The average Bonchev–Trinajstić information content (AvgIpc) is 2.64. The molecule has 124 valence electrons. The van der Waals surface area contributed by atoms with E-state index in [9.17, 15) is 4.79 Å². The van der Waals surface area contributed by atoms with Gasteiger partial charge >= 0.3 is 6.03 Å². The molecule has 0 spiro atoms. The number of nitrogens with zero attached hydrogens (tertiary/aromatic N) is 1. The first-order valence-corrected chi connectivity index (χ1v) is 8.01. The molecule has 0 heterocycles. The van der Waals surface area contributed by atoms with E-state index in [2.05, 4.69) is 17.2 Å². The van der Waals surface area contributed by atoms with Crippen molar-refractivity contribution in [1.29, 1.82) is 0 Å². The number of rotatable bonds is 6. The zero-order chi connectivity index (χ0) is 17.0. The Labute approximate surface area is 143 Å². The van der Waals surface area contributed by atoms with E-state index in [1.165, 1.54) is 0 Å². The number of aliphatic hydroxyl groups excluding tert-OH is 1. The van der Waals surface area contributed by atoms with Crippen LogP contribution in [0.1, 0.15) is 17.5 Å². The van der Waals surface area contributed by atoms with E-state index in [0.717, 1.165) is 11.1 Å². The minimum Gasteiger partial charge on any atom is -0.396 e. The molecule has 2 N–H and O–H groups in total. The summed E-state index contributed by atoms with van der Waals surface area (Å²) in [4.78, 5) is 14.0. The predicted molar refractivity (Wildman–Crippen MR) is 95.3 cm³/mol. The maximum absolute atomic E-state index is 12.3. The second kappa shape index (κ2) is 10.1. The molecular weight excluding hydrogens is 300 g/mol. The lowest BCUT2D eigenvalue weighted by molar-refractivity contribution is 0.187. The van der Waals surface area contributed by atoms with Gasteiger partial charge in [0.15, 0.2) is 0 Å². The van der Waals surface area contributed by atoms with Gasteiger partial charge in [0.2, 0.25) is 0 Å². The number of aliphatic hydroxyl groups is 1. The zero-order valence-electron chi connectivity index (χ0n) is 13.6. The van der Waals surface area contributed by atoms with Gasteiger partial charge in [-0.1, -0.05) is 60.4 Å². The molecule has 2 aromatic rings. The number of hydrogen-bond donors (Lipinski definition) is 2. The molecule has 0 saturated heterocycles. The Balaban J connectivity index is 1.89. The number of carbonyl (C=O) groups excluding carboxylic acids is 1. The van der Waals surface area contributed by atoms with E-state index in [-0.39, 0.29) is 19.2 Å². The van der Waals surface area contributed by atoms with Crippen LogP contribution in [0.5, 0.6) is 0 Å². The average molecular weight is 322 g/mol. The quantitative estimate of drug-likeness (QED) is 0.803. The summed E-state index contributed by atoms with van der Waals surface area (Å²) < 4.78 is 0.